The van der Waals surface area contributed by atoms with Crippen LogP contribution in [-0.4, -0.2) is 34.6 Å². The van der Waals surface area contributed by atoms with Crippen LogP contribution in [-0.2, 0) is 19.5 Å². The van der Waals surface area contributed by atoms with Gasteiger partial charge in [-0.2, -0.15) is 0 Å². The first kappa shape index (κ1) is 21.1. The minimum absolute atomic E-state index is 0.0454. The maximum absolute atomic E-state index is 12.5. The predicted molar refractivity (Wildman–Crippen MR) is 103 cm³/mol. The van der Waals surface area contributed by atoms with Crippen molar-refractivity contribution in [2.24, 2.45) is 0 Å². The van der Waals surface area contributed by atoms with Crippen LogP contribution in [0.2, 0.25) is 0 Å². The van der Waals surface area contributed by atoms with Crippen molar-refractivity contribution in [3.8, 4) is 0 Å². The highest BCUT2D eigenvalue weighted by Crippen LogP contribution is 2.18. The van der Waals surface area contributed by atoms with Gasteiger partial charge < -0.3 is 9.47 Å². The Morgan fingerprint density at radius 3 is 2.48 bits per heavy atom. The molecule has 0 spiro atoms. The molecule has 27 heavy (non-hydrogen) atoms. The molecular formula is C20H25NO5S. The molecule has 0 saturated heterocycles. The maximum atomic E-state index is 12.5. The lowest BCUT2D eigenvalue weighted by atomic mass is 10.1. The van der Waals surface area contributed by atoms with E-state index in [0.29, 0.717) is 24.2 Å². The Labute approximate surface area is 160 Å². The van der Waals surface area contributed by atoms with E-state index < -0.39 is 16.0 Å². The lowest BCUT2D eigenvalue weighted by Crippen LogP contribution is -2.26. The molecule has 1 atom stereocenters. The van der Waals surface area contributed by atoms with Gasteiger partial charge in [0.1, 0.15) is 0 Å². The second-order valence-electron chi connectivity index (χ2n) is 6.15. The number of aryl methyl sites for hydroxylation is 1. The lowest BCUT2D eigenvalue weighted by molar-refractivity contribution is 0.0600. The SMILES string of the molecule is COC(=O)c1ccc(S(=O)(=O)NCCCOC(C)c2ccccc2)c(C)c1. The summed E-state index contributed by atoms with van der Waals surface area (Å²) in [7, 11) is -2.37. The van der Waals surface area contributed by atoms with Gasteiger partial charge in [0.25, 0.3) is 0 Å². The van der Waals surface area contributed by atoms with E-state index in [-0.39, 0.29) is 17.5 Å². The van der Waals surface area contributed by atoms with Crippen molar-refractivity contribution in [1.29, 1.82) is 0 Å². The monoisotopic (exact) mass is 391 g/mol. The molecule has 2 aromatic carbocycles. The Kier molecular flexibility index (Phi) is 7.53. The molecule has 146 valence electrons. The number of sulfonamides is 1. The van der Waals surface area contributed by atoms with Crippen molar-refractivity contribution >= 4 is 16.0 Å². The molecule has 6 nitrogen and oxygen atoms in total. The fraction of sp³-hybridized carbons (Fsp3) is 0.350. The van der Waals surface area contributed by atoms with Crippen LogP contribution >= 0.6 is 0 Å². The molecule has 0 amide bonds. The Morgan fingerprint density at radius 2 is 1.85 bits per heavy atom. The van der Waals surface area contributed by atoms with Crippen molar-refractivity contribution in [3.63, 3.8) is 0 Å². The molecule has 1 unspecified atom stereocenters. The average Bonchev–Trinajstić information content (AvgIpc) is 2.67. The van der Waals surface area contributed by atoms with E-state index in [1.165, 1.54) is 25.3 Å². The molecule has 0 radical (unpaired) electrons. The molecule has 0 aromatic heterocycles. The van der Waals surface area contributed by atoms with Gasteiger partial charge in [-0.05, 0) is 49.6 Å². The molecule has 0 aliphatic heterocycles. The van der Waals surface area contributed by atoms with Gasteiger partial charge in [-0.25, -0.2) is 17.9 Å². The highest BCUT2D eigenvalue weighted by Gasteiger charge is 2.18. The molecular weight excluding hydrogens is 366 g/mol. The topological polar surface area (TPSA) is 81.7 Å². The molecule has 2 aromatic rings. The summed E-state index contributed by atoms with van der Waals surface area (Å²) < 4.78 is 37.9. The maximum Gasteiger partial charge on any atom is 0.337 e. The summed E-state index contributed by atoms with van der Waals surface area (Å²) in [6.07, 6.45) is 0.506. The third-order valence-corrected chi connectivity index (χ3v) is 5.76. The number of methoxy groups -OCH3 is 1. The number of esters is 1. The minimum Gasteiger partial charge on any atom is -0.465 e. The van der Waals surface area contributed by atoms with E-state index in [2.05, 4.69) is 9.46 Å². The van der Waals surface area contributed by atoms with Crippen LogP contribution in [0.5, 0.6) is 0 Å². The van der Waals surface area contributed by atoms with Crippen LogP contribution in [0, 0.1) is 6.92 Å². The van der Waals surface area contributed by atoms with E-state index in [9.17, 15) is 13.2 Å². The zero-order chi connectivity index (χ0) is 19.9. The first-order valence-corrected chi connectivity index (χ1v) is 10.2. The molecule has 0 aliphatic rings. The van der Waals surface area contributed by atoms with Crippen LogP contribution < -0.4 is 4.72 Å². The van der Waals surface area contributed by atoms with E-state index in [0.717, 1.165) is 5.56 Å². The molecule has 7 heteroatoms. The lowest BCUT2D eigenvalue weighted by Gasteiger charge is -2.14. The van der Waals surface area contributed by atoms with Gasteiger partial charge in [0.2, 0.25) is 10.0 Å². The van der Waals surface area contributed by atoms with Crippen molar-refractivity contribution in [2.45, 2.75) is 31.3 Å². The highest BCUT2D eigenvalue weighted by atomic mass is 32.2. The first-order chi connectivity index (χ1) is 12.8. The van der Waals surface area contributed by atoms with Crippen LogP contribution in [0.4, 0.5) is 0 Å². The number of rotatable bonds is 9. The summed E-state index contributed by atoms with van der Waals surface area (Å²) in [5.41, 5.74) is 1.89. The summed E-state index contributed by atoms with van der Waals surface area (Å²) in [5.74, 6) is -0.500. The van der Waals surface area contributed by atoms with Gasteiger partial charge >= 0.3 is 5.97 Å². The van der Waals surface area contributed by atoms with Crippen LogP contribution in [0.25, 0.3) is 0 Å². The van der Waals surface area contributed by atoms with E-state index in [1.54, 1.807) is 6.92 Å². The molecule has 0 bridgehead atoms. The summed E-state index contributed by atoms with van der Waals surface area (Å²) in [6, 6.07) is 14.2. The second-order valence-corrected chi connectivity index (χ2v) is 7.88. The smallest absolute Gasteiger partial charge is 0.337 e. The van der Waals surface area contributed by atoms with Gasteiger partial charge in [-0.3, -0.25) is 0 Å². The minimum atomic E-state index is -3.65. The van der Waals surface area contributed by atoms with Crippen molar-refractivity contribution in [3.05, 3.63) is 65.2 Å². The van der Waals surface area contributed by atoms with Gasteiger partial charge in [0, 0.05) is 13.2 Å². The fourth-order valence-electron chi connectivity index (χ4n) is 2.63. The molecule has 2 rings (SSSR count). The second kappa shape index (κ2) is 9.64. The predicted octanol–water partition coefficient (Wildman–Crippen LogP) is 3.23. The van der Waals surface area contributed by atoms with E-state index in [1.807, 2.05) is 37.3 Å². The highest BCUT2D eigenvalue weighted by molar-refractivity contribution is 7.89. The summed E-state index contributed by atoms with van der Waals surface area (Å²) in [6.45, 7) is 4.32. The van der Waals surface area contributed by atoms with Crippen molar-refractivity contribution in [1.82, 2.24) is 4.72 Å². The standard InChI is InChI=1S/C20H25NO5S/c1-15-14-18(20(22)25-3)10-11-19(15)27(23,24)21-12-7-13-26-16(2)17-8-5-4-6-9-17/h4-6,8-11,14,16,21H,7,12-13H2,1-3H3. The van der Waals surface area contributed by atoms with E-state index >= 15 is 0 Å². The number of benzene rings is 2. The largest absolute Gasteiger partial charge is 0.465 e. The third-order valence-electron chi connectivity index (χ3n) is 4.14. The van der Waals surface area contributed by atoms with Crippen LogP contribution in [0.1, 0.15) is 40.9 Å². The molecule has 0 fully saturated rings. The summed E-state index contributed by atoms with van der Waals surface area (Å²) in [4.78, 5) is 11.7. The normalized spacial score (nSPS) is 12.6. The number of carbonyl (C=O) groups excluding carboxylic acids is 1. The zero-order valence-electron chi connectivity index (χ0n) is 15.8. The van der Waals surface area contributed by atoms with Gasteiger partial charge in [0.15, 0.2) is 0 Å². The number of nitrogens with one attached hydrogen (secondary N) is 1. The average molecular weight is 391 g/mol. The Hall–Kier alpha value is -2.22. The zero-order valence-corrected chi connectivity index (χ0v) is 16.6. The summed E-state index contributed by atoms with van der Waals surface area (Å²) >= 11 is 0. The number of ether oxygens (including phenoxy) is 2. The van der Waals surface area contributed by atoms with E-state index in [4.69, 9.17) is 4.74 Å². The van der Waals surface area contributed by atoms with Gasteiger partial charge in [0.05, 0.1) is 23.7 Å². The molecule has 0 aliphatic carbocycles. The Balaban J connectivity index is 1.85. The van der Waals surface area contributed by atoms with Crippen molar-refractivity contribution in [2.75, 3.05) is 20.3 Å². The quantitative estimate of drug-likeness (QED) is 0.524. The Morgan fingerprint density at radius 1 is 1.15 bits per heavy atom. The van der Waals surface area contributed by atoms with Crippen LogP contribution in [0.3, 0.4) is 0 Å². The number of hydrogen-bond acceptors (Lipinski definition) is 5. The number of carbonyl (C=O) groups is 1. The first-order valence-electron chi connectivity index (χ1n) is 8.70. The fourth-order valence-corrected chi connectivity index (χ4v) is 3.93. The third kappa shape index (κ3) is 5.89. The van der Waals surface area contributed by atoms with Crippen LogP contribution in [0.15, 0.2) is 53.4 Å². The van der Waals surface area contributed by atoms with Crippen molar-refractivity contribution < 1.29 is 22.7 Å². The number of hydrogen-bond donors (Lipinski definition) is 1. The molecule has 0 saturated carbocycles. The Bertz CT molecular complexity index is 865. The molecule has 1 N–H and O–H groups in total. The summed E-state index contributed by atoms with van der Waals surface area (Å²) in [5, 5.41) is 0. The van der Waals surface area contributed by atoms with Gasteiger partial charge in [-0.1, -0.05) is 30.3 Å². The molecule has 0 heterocycles. The van der Waals surface area contributed by atoms with Gasteiger partial charge in [-0.15, -0.1) is 0 Å².